The lowest BCUT2D eigenvalue weighted by Gasteiger charge is -2.18. The topological polar surface area (TPSA) is 78.9 Å². The number of rotatable bonds is 40. The first-order valence-electron chi connectivity index (χ1n) is 23.2. The Labute approximate surface area is 356 Å². The fourth-order valence-electron chi connectivity index (χ4n) is 5.89. The standard InChI is InChI=1S/C52H84O6/c1-4-7-10-13-16-19-21-23-24-25-26-27-28-29-31-33-36-39-42-45-51(54)57-48-49(47-56-50(53)44-41-38-35-32-18-15-12-9-6-3)58-52(55)46-43-40-37-34-30-22-20-17-14-11-8-5-2/h7-8,10-11,16-17,19-20,23-24,26-27,29-31,34,49H,4-6,9,12-15,18,21-22,25,28,32-33,35-48H2,1-3H3/b10-7-,11-8-,19-16-,20-17-,24-23-,27-26-,31-29-,34-30-. The summed E-state index contributed by atoms with van der Waals surface area (Å²) >= 11 is 0. The zero-order chi connectivity index (χ0) is 42.3. The molecule has 0 aliphatic heterocycles. The van der Waals surface area contributed by atoms with Gasteiger partial charge in [0.15, 0.2) is 6.10 Å². The third-order valence-corrected chi connectivity index (χ3v) is 9.33. The molecule has 0 spiro atoms. The predicted octanol–water partition coefficient (Wildman–Crippen LogP) is 15.0. The van der Waals surface area contributed by atoms with Gasteiger partial charge >= 0.3 is 17.9 Å². The highest BCUT2D eigenvalue weighted by atomic mass is 16.6. The van der Waals surface area contributed by atoms with E-state index >= 15 is 0 Å². The third kappa shape index (κ3) is 43.5. The Morgan fingerprint density at radius 3 is 1.09 bits per heavy atom. The van der Waals surface area contributed by atoms with Crippen LogP contribution in [0.5, 0.6) is 0 Å². The summed E-state index contributed by atoms with van der Waals surface area (Å²) in [4.78, 5) is 37.7. The van der Waals surface area contributed by atoms with E-state index in [1.807, 2.05) is 0 Å². The van der Waals surface area contributed by atoms with Crippen molar-refractivity contribution in [2.75, 3.05) is 13.2 Å². The van der Waals surface area contributed by atoms with E-state index in [-0.39, 0.29) is 37.5 Å². The van der Waals surface area contributed by atoms with Gasteiger partial charge < -0.3 is 14.2 Å². The molecule has 1 unspecified atom stereocenters. The van der Waals surface area contributed by atoms with E-state index in [0.29, 0.717) is 19.3 Å². The average Bonchev–Trinajstić information content (AvgIpc) is 3.22. The summed E-state index contributed by atoms with van der Waals surface area (Å²) in [5.74, 6) is -0.990. The molecule has 0 rings (SSSR count). The number of esters is 3. The highest BCUT2D eigenvalue weighted by Crippen LogP contribution is 2.12. The van der Waals surface area contributed by atoms with Crippen molar-refractivity contribution in [3.63, 3.8) is 0 Å². The number of carbonyl (C=O) groups is 3. The highest BCUT2D eigenvalue weighted by molar-refractivity contribution is 5.71. The molecule has 0 heterocycles. The van der Waals surface area contributed by atoms with Gasteiger partial charge in [-0.25, -0.2) is 0 Å². The summed E-state index contributed by atoms with van der Waals surface area (Å²) in [6, 6.07) is 0. The van der Waals surface area contributed by atoms with Gasteiger partial charge in [-0.2, -0.15) is 0 Å². The van der Waals surface area contributed by atoms with Gasteiger partial charge in [0.2, 0.25) is 0 Å². The molecule has 58 heavy (non-hydrogen) atoms. The van der Waals surface area contributed by atoms with Crippen molar-refractivity contribution in [2.45, 2.75) is 200 Å². The molecule has 0 saturated carbocycles. The number of ether oxygens (including phenoxy) is 3. The number of carbonyl (C=O) groups excluding carboxylic acids is 3. The summed E-state index contributed by atoms with van der Waals surface area (Å²) in [7, 11) is 0. The van der Waals surface area contributed by atoms with Crippen LogP contribution in [0.25, 0.3) is 0 Å². The van der Waals surface area contributed by atoms with E-state index < -0.39 is 6.10 Å². The van der Waals surface area contributed by atoms with Gasteiger partial charge in [-0.1, -0.05) is 176 Å². The van der Waals surface area contributed by atoms with Crippen LogP contribution in [0.15, 0.2) is 97.2 Å². The summed E-state index contributed by atoms with van der Waals surface area (Å²) in [6.45, 7) is 6.30. The molecule has 6 nitrogen and oxygen atoms in total. The normalized spacial score (nSPS) is 12.9. The quantitative estimate of drug-likeness (QED) is 0.0266. The zero-order valence-corrected chi connectivity index (χ0v) is 37.3. The van der Waals surface area contributed by atoms with E-state index in [0.717, 1.165) is 109 Å². The Morgan fingerprint density at radius 2 is 0.672 bits per heavy atom. The molecule has 0 saturated heterocycles. The predicted molar refractivity (Wildman–Crippen MR) is 247 cm³/mol. The van der Waals surface area contributed by atoms with Gasteiger partial charge in [-0.05, 0) is 96.3 Å². The number of hydrogen-bond donors (Lipinski definition) is 0. The molecule has 0 fully saturated rings. The molecule has 0 radical (unpaired) electrons. The van der Waals surface area contributed by atoms with Gasteiger partial charge in [0, 0.05) is 19.3 Å². The van der Waals surface area contributed by atoms with Crippen LogP contribution in [0.2, 0.25) is 0 Å². The zero-order valence-electron chi connectivity index (χ0n) is 37.3. The lowest BCUT2D eigenvalue weighted by molar-refractivity contribution is -0.167. The van der Waals surface area contributed by atoms with Gasteiger partial charge in [0.05, 0.1) is 0 Å². The van der Waals surface area contributed by atoms with Crippen molar-refractivity contribution in [3.05, 3.63) is 97.2 Å². The average molecular weight is 805 g/mol. The van der Waals surface area contributed by atoms with E-state index in [4.69, 9.17) is 14.2 Å². The minimum Gasteiger partial charge on any atom is -0.462 e. The molecule has 0 aromatic heterocycles. The van der Waals surface area contributed by atoms with E-state index in [2.05, 4.69) is 118 Å². The lowest BCUT2D eigenvalue weighted by Crippen LogP contribution is -2.30. The first-order chi connectivity index (χ1) is 28.5. The Morgan fingerprint density at radius 1 is 0.362 bits per heavy atom. The molecule has 6 heteroatoms. The van der Waals surface area contributed by atoms with Gasteiger partial charge in [0.1, 0.15) is 13.2 Å². The van der Waals surface area contributed by atoms with E-state index in [1.165, 1.54) is 38.5 Å². The van der Waals surface area contributed by atoms with Crippen molar-refractivity contribution in [3.8, 4) is 0 Å². The van der Waals surface area contributed by atoms with E-state index in [9.17, 15) is 14.4 Å². The van der Waals surface area contributed by atoms with Crippen LogP contribution >= 0.6 is 0 Å². The molecule has 328 valence electrons. The Balaban J connectivity index is 4.45. The number of hydrogen-bond acceptors (Lipinski definition) is 6. The van der Waals surface area contributed by atoms with Gasteiger partial charge in [-0.15, -0.1) is 0 Å². The van der Waals surface area contributed by atoms with Crippen molar-refractivity contribution in [1.29, 1.82) is 0 Å². The smallest absolute Gasteiger partial charge is 0.306 e. The van der Waals surface area contributed by atoms with Crippen molar-refractivity contribution in [1.82, 2.24) is 0 Å². The Hall–Kier alpha value is -3.67. The van der Waals surface area contributed by atoms with Crippen LogP contribution in [-0.4, -0.2) is 37.2 Å². The Kier molecular flexibility index (Phi) is 43.1. The van der Waals surface area contributed by atoms with Crippen LogP contribution in [0.3, 0.4) is 0 Å². The highest BCUT2D eigenvalue weighted by Gasteiger charge is 2.19. The molecule has 0 bridgehead atoms. The van der Waals surface area contributed by atoms with Crippen LogP contribution in [0.1, 0.15) is 194 Å². The SMILES string of the molecule is CC/C=C\C/C=C\C/C=C\C/C=C\C/C=C\CCCCCC(=O)OCC(COC(=O)CCCCCCCCCCC)OC(=O)CCCC/C=C\C/C=C\C/C=C\CC. The summed E-state index contributed by atoms with van der Waals surface area (Å²) in [6.07, 6.45) is 59.7. The second-order valence-corrected chi connectivity index (χ2v) is 14.9. The minimum atomic E-state index is -0.808. The first-order valence-corrected chi connectivity index (χ1v) is 23.2. The molecule has 0 amide bonds. The molecule has 0 aliphatic rings. The molecule has 0 N–H and O–H groups in total. The van der Waals surface area contributed by atoms with Gasteiger partial charge in [0.25, 0.3) is 0 Å². The van der Waals surface area contributed by atoms with Crippen molar-refractivity contribution in [2.24, 2.45) is 0 Å². The van der Waals surface area contributed by atoms with Crippen LogP contribution in [-0.2, 0) is 28.6 Å². The molecular weight excluding hydrogens is 721 g/mol. The summed E-state index contributed by atoms with van der Waals surface area (Å²) < 4.78 is 16.6. The Bertz CT molecular complexity index is 1200. The van der Waals surface area contributed by atoms with Gasteiger partial charge in [-0.3, -0.25) is 14.4 Å². The summed E-state index contributed by atoms with van der Waals surface area (Å²) in [5.41, 5.74) is 0. The van der Waals surface area contributed by atoms with Crippen LogP contribution in [0.4, 0.5) is 0 Å². The molecule has 1 atom stereocenters. The third-order valence-electron chi connectivity index (χ3n) is 9.33. The largest absolute Gasteiger partial charge is 0.462 e. The minimum absolute atomic E-state index is 0.104. The lowest BCUT2D eigenvalue weighted by atomic mass is 10.1. The maximum Gasteiger partial charge on any atom is 0.306 e. The first kappa shape index (κ1) is 54.3. The van der Waals surface area contributed by atoms with E-state index in [1.54, 1.807) is 0 Å². The van der Waals surface area contributed by atoms with Crippen molar-refractivity contribution < 1.29 is 28.6 Å². The maximum absolute atomic E-state index is 12.7. The number of unbranched alkanes of at least 4 members (excludes halogenated alkanes) is 13. The number of allylic oxidation sites excluding steroid dienone is 16. The second kappa shape index (κ2) is 46.0. The molecule has 0 aromatic rings. The van der Waals surface area contributed by atoms with Crippen LogP contribution < -0.4 is 0 Å². The second-order valence-electron chi connectivity index (χ2n) is 14.9. The fraction of sp³-hybridized carbons (Fsp3) is 0.635. The molecule has 0 aromatic carbocycles. The monoisotopic (exact) mass is 805 g/mol. The fourth-order valence-corrected chi connectivity index (χ4v) is 5.89. The van der Waals surface area contributed by atoms with Crippen molar-refractivity contribution >= 4 is 17.9 Å². The maximum atomic E-state index is 12.7. The molecular formula is C52H84O6. The van der Waals surface area contributed by atoms with Crippen LogP contribution in [0, 0.1) is 0 Å². The summed E-state index contributed by atoms with van der Waals surface area (Å²) in [5, 5.41) is 0. The molecule has 0 aliphatic carbocycles.